The van der Waals surface area contributed by atoms with Crippen molar-refractivity contribution in [3.63, 3.8) is 0 Å². The maximum atomic E-state index is 5.54. The summed E-state index contributed by atoms with van der Waals surface area (Å²) in [5.41, 5.74) is 1.19. The molecule has 1 aromatic carbocycles. The minimum atomic E-state index is 0.398. The maximum absolute atomic E-state index is 5.54. The molecule has 0 aliphatic rings. The van der Waals surface area contributed by atoms with Crippen molar-refractivity contribution in [1.29, 1.82) is 0 Å². The molecule has 0 aliphatic heterocycles. The second kappa shape index (κ2) is 11.8. The van der Waals surface area contributed by atoms with Crippen LogP contribution < -0.4 is 0 Å². The minimum Gasteiger partial charge on any atom is -0.355 e. The van der Waals surface area contributed by atoms with Gasteiger partial charge in [0.25, 0.3) is 0 Å². The van der Waals surface area contributed by atoms with Crippen LogP contribution in [0.2, 0.25) is 0 Å². The zero-order valence-electron chi connectivity index (χ0n) is 14.0. The Bertz CT molecular complexity index is 337. The van der Waals surface area contributed by atoms with Gasteiger partial charge in [0.1, 0.15) is 6.79 Å². The van der Waals surface area contributed by atoms with E-state index in [-0.39, 0.29) is 0 Å². The Hall–Kier alpha value is -0.860. The van der Waals surface area contributed by atoms with Crippen molar-refractivity contribution in [3.8, 4) is 0 Å². The van der Waals surface area contributed by atoms with Crippen LogP contribution in [0.15, 0.2) is 30.3 Å². The molecule has 0 aromatic heterocycles. The fourth-order valence-corrected chi connectivity index (χ4v) is 2.80. The van der Waals surface area contributed by atoms with Crippen LogP contribution in [0.1, 0.15) is 58.4 Å². The van der Waals surface area contributed by atoms with Crippen molar-refractivity contribution in [2.45, 2.75) is 59.5 Å². The van der Waals surface area contributed by atoms with Crippen LogP contribution in [-0.4, -0.2) is 13.4 Å². The first-order chi connectivity index (χ1) is 10.2. The summed E-state index contributed by atoms with van der Waals surface area (Å²) in [5.74, 6) is 1.67. The average Bonchev–Trinajstić information content (AvgIpc) is 2.47. The molecule has 0 saturated carbocycles. The van der Waals surface area contributed by atoms with E-state index < -0.39 is 0 Å². The van der Waals surface area contributed by atoms with Gasteiger partial charge in [-0.3, -0.25) is 0 Å². The van der Waals surface area contributed by atoms with Gasteiger partial charge in [0.15, 0.2) is 0 Å². The Morgan fingerprint density at radius 3 is 2.38 bits per heavy atom. The van der Waals surface area contributed by atoms with Gasteiger partial charge in [-0.15, -0.1) is 0 Å². The molecule has 1 aromatic rings. The number of hydrogen-bond acceptors (Lipinski definition) is 2. The summed E-state index contributed by atoms with van der Waals surface area (Å²) in [7, 11) is 0. The Labute approximate surface area is 130 Å². The monoisotopic (exact) mass is 292 g/mol. The van der Waals surface area contributed by atoms with E-state index in [1.165, 1.54) is 31.2 Å². The number of ether oxygens (including phenoxy) is 2. The molecule has 1 rings (SSSR count). The lowest BCUT2D eigenvalue weighted by atomic mass is 9.91. The smallest absolute Gasteiger partial charge is 0.147 e. The van der Waals surface area contributed by atoms with Crippen LogP contribution in [0.5, 0.6) is 0 Å². The van der Waals surface area contributed by atoms with E-state index in [9.17, 15) is 0 Å². The number of rotatable bonds is 12. The normalized spacial score (nSPS) is 14.0. The molecule has 0 saturated heterocycles. The molecule has 2 atom stereocenters. The Balaban J connectivity index is 1.92. The molecule has 2 nitrogen and oxygen atoms in total. The zero-order chi connectivity index (χ0) is 15.3. The fraction of sp³-hybridized carbons (Fsp3) is 0.684. The van der Waals surface area contributed by atoms with E-state index in [0.29, 0.717) is 13.4 Å². The lowest BCUT2D eigenvalue weighted by molar-refractivity contribution is -0.0628. The summed E-state index contributed by atoms with van der Waals surface area (Å²) >= 11 is 0. The Morgan fingerprint density at radius 2 is 1.67 bits per heavy atom. The van der Waals surface area contributed by atoms with Gasteiger partial charge >= 0.3 is 0 Å². The molecule has 0 aliphatic carbocycles. The topological polar surface area (TPSA) is 18.5 Å². The zero-order valence-corrected chi connectivity index (χ0v) is 14.0. The molecular weight excluding hydrogens is 260 g/mol. The van der Waals surface area contributed by atoms with Crippen molar-refractivity contribution in [3.05, 3.63) is 35.9 Å². The van der Waals surface area contributed by atoms with Gasteiger partial charge in [-0.25, -0.2) is 0 Å². The summed E-state index contributed by atoms with van der Waals surface area (Å²) in [6.07, 6.45) is 6.39. The molecule has 0 bridgehead atoms. The van der Waals surface area contributed by atoms with Crippen molar-refractivity contribution in [1.82, 2.24) is 0 Å². The van der Waals surface area contributed by atoms with Crippen molar-refractivity contribution >= 4 is 0 Å². The van der Waals surface area contributed by atoms with Crippen LogP contribution in [0, 0.1) is 11.8 Å². The first-order valence-electron chi connectivity index (χ1n) is 8.41. The minimum absolute atomic E-state index is 0.398. The maximum Gasteiger partial charge on any atom is 0.147 e. The molecule has 2 unspecified atom stereocenters. The van der Waals surface area contributed by atoms with Crippen molar-refractivity contribution < 1.29 is 9.47 Å². The number of hydrogen-bond donors (Lipinski definition) is 0. The van der Waals surface area contributed by atoms with E-state index in [4.69, 9.17) is 9.47 Å². The van der Waals surface area contributed by atoms with Gasteiger partial charge in [0.05, 0.1) is 6.61 Å². The Morgan fingerprint density at radius 1 is 0.952 bits per heavy atom. The van der Waals surface area contributed by atoms with E-state index in [1.807, 2.05) is 18.2 Å². The van der Waals surface area contributed by atoms with Gasteiger partial charge in [-0.1, -0.05) is 63.9 Å². The molecule has 0 heterocycles. The largest absolute Gasteiger partial charge is 0.355 e. The quantitative estimate of drug-likeness (QED) is 0.378. The molecule has 0 fully saturated rings. The second-order valence-corrected chi connectivity index (χ2v) is 6.24. The van der Waals surface area contributed by atoms with E-state index in [2.05, 4.69) is 32.9 Å². The summed E-state index contributed by atoms with van der Waals surface area (Å²) in [6.45, 7) is 8.83. The predicted molar refractivity (Wildman–Crippen MR) is 89.1 cm³/mol. The first-order valence-corrected chi connectivity index (χ1v) is 8.41. The third-order valence-electron chi connectivity index (χ3n) is 3.85. The van der Waals surface area contributed by atoms with Gasteiger partial charge in [-0.05, 0) is 36.7 Å². The van der Waals surface area contributed by atoms with E-state index in [1.54, 1.807) is 0 Å². The summed E-state index contributed by atoms with van der Waals surface area (Å²) in [6, 6.07) is 10.2. The molecule has 2 heteroatoms. The third kappa shape index (κ3) is 9.65. The van der Waals surface area contributed by atoms with Crippen molar-refractivity contribution in [2.75, 3.05) is 13.4 Å². The SMILES string of the molecule is CCCC(C)CC(C)CCCOCOCc1ccccc1. The molecule has 0 radical (unpaired) electrons. The van der Waals surface area contributed by atoms with Gasteiger partial charge in [0, 0.05) is 6.61 Å². The highest BCUT2D eigenvalue weighted by Crippen LogP contribution is 2.20. The lowest BCUT2D eigenvalue weighted by Crippen LogP contribution is -2.06. The first kappa shape index (κ1) is 18.2. The van der Waals surface area contributed by atoms with E-state index >= 15 is 0 Å². The highest BCUT2D eigenvalue weighted by atomic mass is 16.7. The third-order valence-corrected chi connectivity index (χ3v) is 3.85. The molecular formula is C19H32O2. The predicted octanol–water partition coefficient (Wildman–Crippen LogP) is 5.42. The van der Waals surface area contributed by atoms with Gasteiger partial charge < -0.3 is 9.47 Å². The standard InChI is InChI=1S/C19H32O2/c1-4-9-17(2)14-18(3)10-8-13-20-16-21-15-19-11-6-5-7-12-19/h5-7,11-12,17-18H,4,8-10,13-16H2,1-3H3. The summed E-state index contributed by atoms with van der Waals surface area (Å²) in [4.78, 5) is 0. The lowest BCUT2D eigenvalue weighted by Gasteiger charge is -2.16. The second-order valence-electron chi connectivity index (χ2n) is 6.24. The highest BCUT2D eigenvalue weighted by molar-refractivity contribution is 5.13. The molecule has 0 spiro atoms. The fourth-order valence-electron chi connectivity index (χ4n) is 2.80. The summed E-state index contributed by atoms with van der Waals surface area (Å²) < 4.78 is 11.0. The van der Waals surface area contributed by atoms with Gasteiger partial charge in [0.2, 0.25) is 0 Å². The van der Waals surface area contributed by atoms with Crippen LogP contribution in [0.3, 0.4) is 0 Å². The van der Waals surface area contributed by atoms with Crippen LogP contribution in [0.4, 0.5) is 0 Å². The molecule has 0 amide bonds. The molecule has 21 heavy (non-hydrogen) atoms. The van der Waals surface area contributed by atoms with Crippen molar-refractivity contribution in [2.24, 2.45) is 11.8 Å². The number of benzene rings is 1. The van der Waals surface area contributed by atoms with Crippen LogP contribution >= 0.6 is 0 Å². The van der Waals surface area contributed by atoms with E-state index in [0.717, 1.165) is 24.9 Å². The summed E-state index contributed by atoms with van der Waals surface area (Å²) in [5, 5.41) is 0. The van der Waals surface area contributed by atoms with Gasteiger partial charge in [-0.2, -0.15) is 0 Å². The Kier molecular flexibility index (Phi) is 10.2. The van der Waals surface area contributed by atoms with Crippen LogP contribution in [-0.2, 0) is 16.1 Å². The molecule has 0 N–H and O–H groups in total. The highest BCUT2D eigenvalue weighted by Gasteiger charge is 2.07. The van der Waals surface area contributed by atoms with Crippen LogP contribution in [0.25, 0.3) is 0 Å². The molecule has 120 valence electrons. The average molecular weight is 292 g/mol.